The molecule has 0 aliphatic heterocycles. The Kier molecular flexibility index (Phi) is 14.4. The Morgan fingerprint density at radius 1 is 1.09 bits per heavy atom. The van der Waals surface area contributed by atoms with E-state index in [1.165, 1.54) is 57.7 Å². The normalized spacial score (nSPS) is 15.2. The van der Waals surface area contributed by atoms with Crippen LogP contribution in [0.3, 0.4) is 0 Å². The molecule has 2 amide bonds. The first-order valence-electron chi connectivity index (χ1n) is 11.9. The summed E-state index contributed by atoms with van der Waals surface area (Å²) in [7, 11) is 0. The number of nitrogens with zero attached hydrogens (tertiary/aromatic N) is 1. The number of rotatable bonds is 15. The van der Waals surface area contributed by atoms with E-state index < -0.39 is 29.9 Å². The molecule has 10 heteroatoms. The second-order valence-corrected chi connectivity index (χ2v) is 8.36. The lowest BCUT2D eigenvalue weighted by Gasteiger charge is -2.05. The lowest BCUT2D eigenvalue weighted by molar-refractivity contribution is -0.139. The minimum Gasteiger partial charge on any atom is -0.480 e. The number of carbonyl (C=O) groups excluding carboxylic acids is 3. The van der Waals surface area contributed by atoms with E-state index in [2.05, 4.69) is 27.5 Å². The van der Waals surface area contributed by atoms with E-state index in [0.717, 1.165) is 18.5 Å². The maximum Gasteiger partial charge on any atom is 0.320 e. The predicted octanol–water partition coefficient (Wildman–Crippen LogP) is 1.85. The zero-order chi connectivity index (χ0) is 24.5. The van der Waals surface area contributed by atoms with Crippen LogP contribution in [0.1, 0.15) is 83.2 Å². The molecule has 2 atom stereocenters. The van der Waals surface area contributed by atoms with Gasteiger partial charge < -0.3 is 26.5 Å². The number of hydrogen-bond acceptors (Lipinski definition) is 6. The highest BCUT2D eigenvalue weighted by Gasteiger charge is 2.37. The van der Waals surface area contributed by atoms with Gasteiger partial charge in [-0.1, -0.05) is 64.7 Å². The second-order valence-electron chi connectivity index (χ2n) is 8.36. The van der Waals surface area contributed by atoms with Crippen LogP contribution < -0.4 is 16.4 Å². The molecule has 1 aromatic rings. The molecular formula is C23H39N5O5. The molecule has 10 nitrogen and oxygen atoms in total. The monoisotopic (exact) mass is 465 g/mol. The quantitative estimate of drug-likeness (QED) is 0.194. The third kappa shape index (κ3) is 14.1. The van der Waals surface area contributed by atoms with Gasteiger partial charge in [-0.15, -0.1) is 0 Å². The molecule has 186 valence electrons. The Morgan fingerprint density at radius 2 is 1.67 bits per heavy atom. The van der Waals surface area contributed by atoms with Gasteiger partial charge in [0.25, 0.3) is 0 Å². The Hall–Kier alpha value is -2.75. The van der Waals surface area contributed by atoms with Crippen molar-refractivity contribution in [3.63, 3.8) is 0 Å². The molecule has 1 aromatic heterocycles. The van der Waals surface area contributed by atoms with Gasteiger partial charge in [0.15, 0.2) is 5.78 Å². The molecule has 1 saturated carbocycles. The van der Waals surface area contributed by atoms with Crippen LogP contribution >= 0.6 is 0 Å². The molecule has 0 spiro atoms. The number of H-pyrrole nitrogens is 1. The van der Waals surface area contributed by atoms with Gasteiger partial charge >= 0.3 is 17.8 Å². The third-order valence-corrected chi connectivity index (χ3v) is 5.27. The number of nitrogens with one attached hydrogen (secondary N) is 3. The Labute approximate surface area is 195 Å². The van der Waals surface area contributed by atoms with Gasteiger partial charge in [-0.25, -0.2) is 4.98 Å². The SMILES string of the molecule is CCCCCCCCCCCCNC(=O)C(=O)NC1CC1=O.N[C@@H](Cc1cnc[nH]1)C(=O)O. The highest BCUT2D eigenvalue weighted by molar-refractivity contribution is 6.36. The number of aliphatic carboxylic acids is 1. The Balaban J connectivity index is 0.000000412. The number of amides is 2. The van der Waals surface area contributed by atoms with Crippen LogP contribution in [-0.2, 0) is 25.6 Å². The lowest BCUT2D eigenvalue weighted by Crippen LogP contribution is -2.41. The second kappa shape index (κ2) is 16.8. The first-order valence-corrected chi connectivity index (χ1v) is 11.9. The summed E-state index contributed by atoms with van der Waals surface area (Å²) in [6, 6.07) is -1.27. The summed E-state index contributed by atoms with van der Waals surface area (Å²) in [4.78, 5) is 50.3. The van der Waals surface area contributed by atoms with Crippen molar-refractivity contribution in [2.24, 2.45) is 5.73 Å². The fourth-order valence-electron chi connectivity index (χ4n) is 3.11. The number of imidazole rings is 1. The van der Waals surface area contributed by atoms with Gasteiger partial charge in [-0.3, -0.25) is 19.2 Å². The van der Waals surface area contributed by atoms with Gasteiger partial charge in [0.2, 0.25) is 0 Å². The van der Waals surface area contributed by atoms with Gasteiger partial charge in [0.1, 0.15) is 6.04 Å². The zero-order valence-corrected chi connectivity index (χ0v) is 19.6. The molecule has 2 rings (SSSR count). The van der Waals surface area contributed by atoms with Crippen molar-refractivity contribution in [1.82, 2.24) is 20.6 Å². The number of ketones is 1. The van der Waals surface area contributed by atoms with Crippen molar-refractivity contribution in [2.75, 3.05) is 6.54 Å². The van der Waals surface area contributed by atoms with Gasteiger partial charge in [0.05, 0.1) is 12.4 Å². The van der Waals surface area contributed by atoms with Crippen molar-refractivity contribution in [3.05, 3.63) is 18.2 Å². The fraction of sp³-hybridized carbons (Fsp3) is 0.696. The van der Waals surface area contributed by atoms with Crippen molar-refractivity contribution >= 4 is 23.6 Å². The topological polar surface area (TPSA) is 167 Å². The molecule has 33 heavy (non-hydrogen) atoms. The van der Waals surface area contributed by atoms with E-state index in [-0.39, 0.29) is 12.2 Å². The average molecular weight is 466 g/mol. The Morgan fingerprint density at radius 3 is 2.15 bits per heavy atom. The molecule has 0 saturated heterocycles. The number of carbonyl (C=O) groups is 4. The largest absolute Gasteiger partial charge is 0.480 e. The zero-order valence-electron chi connectivity index (χ0n) is 19.6. The third-order valence-electron chi connectivity index (χ3n) is 5.27. The number of aromatic nitrogens is 2. The number of nitrogens with two attached hydrogens (primary N) is 1. The van der Waals surface area contributed by atoms with Crippen molar-refractivity contribution < 1.29 is 24.3 Å². The molecule has 6 N–H and O–H groups in total. The fourth-order valence-corrected chi connectivity index (χ4v) is 3.11. The van der Waals surface area contributed by atoms with Crippen LogP contribution in [0, 0.1) is 0 Å². The summed E-state index contributed by atoms with van der Waals surface area (Å²) in [5.74, 6) is -2.33. The maximum atomic E-state index is 11.4. The van der Waals surface area contributed by atoms with Crippen LogP contribution in [0.2, 0.25) is 0 Å². The molecule has 1 aliphatic rings. The molecule has 1 fully saturated rings. The maximum absolute atomic E-state index is 11.4. The van der Waals surface area contributed by atoms with Crippen molar-refractivity contribution in [1.29, 1.82) is 0 Å². The van der Waals surface area contributed by atoms with Crippen LogP contribution in [0.15, 0.2) is 12.5 Å². The molecule has 0 radical (unpaired) electrons. The van der Waals surface area contributed by atoms with Crippen LogP contribution in [0.4, 0.5) is 0 Å². The van der Waals surface area contributed by atoms with Gasteiger partial charge in [-0.2, -0.15) is 0 Å². The standard InChI is InChI=1S/C17H30N2O3.C6H9N3O2/c1-2-3-4-5-6-7-8-9-10-11-12-18-16(21)17(22)19-14-13-15(14)20;7-5(6(10)11)1-4-2-8-3-9-4/h14H,2-13H2,1H3,(H,18,21)(H,19,22);2-3,5H,1,7H2,(H,8,9)(H,10,11)/t;5-/m.0/s1. The molecular weight excluding hydrogens is 426 g/mol. The molecule has 1 aliphatic carbocycles. The number of Topliss-reactive ketones (excluding diaryl/α,β-unsaturated/α-hetero) is 1. The van der Waals surface area contributed by atoms with E-state index in [9.17, 15) is 19.2 Å². The van der Waals surface area contributed by atoms with E-state index in [1.54, 1.807) is 6.20 Å². The highest BCUT2D eigenvalue weighted by atomic mass is 16.4. The average Bonchev–Trinajstić information content (AvgIpc) is 3.23. The van der Waals surface area contributed by atoms with Gasteiger partial charge in [0, 0.05) is 31.3 Å². The van der Waals surface area contributed by atoms with E-state index in [1.807, 2.05) is 0 Å². The minimum atomic E-state index is -1.00. The van der Waals surface area contributed by atoms with Crippen molar-refractivity contribution in [2.45, 2.75) is 96.1 Å². The van der Waals surface area contributed by atoms with Crippen LogP contribution in [0.5, 0.6) is 0 Å². The van der Waals surface area contributed by atoms with E-state index in [0.29, 0.717) is 13.0 Å². The lowest BCUT2D eigenvalue weighted by atomic mass is 10.1. The number of carboxylic acid groups (broad SMARTS) is 1. The predicted molar refractivity (Wildman–Crippen MR) is 124 cm³/mol. The van der Waals surface area contributed by atoms with E-state index in [4.69, 9.17) is 10.8 Å². The summed E-state index contributed by atoms with van der Waals surface area (Å²) in [5, 5.41) is 13.4. The summed E-state index contributed by atoms with van der Waals surface area (Å²) in [6.45, 7) is 2.76. The first kappa shape index (κ1) is 28.3. The first-order chi connectivity index (χ1) is 15.8. The molecule has 0 aromatic carbocycles. The van der Waals surface area contributed by atoms with E-state index >= 15 is 0 Å². The summed E-state index contributed by atoms with van der Waals surface area (Å²) in [5.41, 5.74) is 6.00. The number of hydrogen-bond donors (Lipinski definition) is 5. The van der Waals surface area contributed by atoms with Crippen LogP contribution in [0.25, 0.3) is 0 Å². The van der Waals surface area contributed by atoms with Crippen molar-refractivity contribution in [3.8, 4) is 0 Å². The molecule has 1 heterocycles. The molecule has 0 bridgehead atoms. The molecule has 1 unspecified atom stereocenters. The summed E-state index contributed by atoms with van der Waals surface area (Å²) < 4.78 is 0. The summed E-state index contributed by atoms with van der Waals surface area (Å²) >= 11 is 0. The Bertz CT molecular complexity index is 723. The number of unbranched alkanes of at least 4 members (excludes halogenated alkanes) is 9. The smallest absolute Gasteiger partial charge is 0.320 e. The summed E-state index contributed by atoms with van der Waals surface area (Å²) in [6.07, 6.45) is 16.1. The van der Waals surface area contributed by atoms with Crippen LogP contribution in [-0.4, -0.2) is 57.3 Å². The van der Waals surface area contributed by atoms with Gasteiger partial charge in [-0.05, 0) is 6.42 Å². The highest BCUT2D eigenvalue weighted by Crippen LogP contribution is 2.12. The number of aromatic amines is 1. The number of carboxylic acids is 1. The minimum absolute atomic E-state index is 0.00385.